The Morgan fingerprint density at radius 2 is 2.05 bits per heavy atom. The second-order valence-electron chi connectivity index (χ2n) is 4.70. The molecular weight excluding hydrogens is 266 g/mol. The number of nitrogens with zero attached hydrogens (tertiary/aromatic N) is 2. The molecule has 0 amide bonds. The van der Waals surface area contributed by atoms with Crippen molar-refractivity contribution in [1.29, 1.82) is 0 Å². The molecule has 5 heteroatoms. The minimum absolute atomic E-state index is 0.0281. The van der Waals surface area contributed by atoms with E-state index in [2.05, 4.69) is 36.5 Å². The molecule has 0 fully saturated rings. The van der Waals surface area contributed by atoms with Crippen LogP contribution in [0, 0.1) is 0 Å². The molecule has 114 valence electrons. The molecule has 0 aliphatic carbocycles. The summed E-state index contributed by atoms with van der Waals surface area (Å²) in [6, 6.07) is 5.96. The molecule has 5 nitrogen and oxygen atoms in total. The van der Waals surface area contributed by atoms with Crippen LogP contribution in [0.3, 0.4) is 0 Å². The molecule has 0 radical (unpaired) electrons. The lowest BCUT2D eigenvalue weighted by molar-refractivity contribution is 0.349. The van der Waals surface area contributed by atoms with Gasteiger partial charge in [-0.15, -0.1) is 0 Å². The molecule has 1 atom stereocenters. The van der Waals surface area contributed by atoms with E-state index < -0.39 is 0 Å². The number of nitrogens with one attached hydrogen (secondary N) is 1. The smallest absolute Gasteiger partial charge is 0.165 e. The van der Waals surface area contributed by atoms with Crippen LogP contribution in [0.1, 0.15) is 31.0 Å². The Morgan fingerprint density at radius 1 is 1.24 bits per heavy atom. The molecule has 0 spiro atoms. The fourth-order valence-electron chi connectivity index (χ4n) is 2.45. The summed E-state index contributed by atoms with van der Waals surface area (Å²) in [6.07, 6.45) is 3.96. The third kappa shape index (κ3) is 3.19. The van der Waals surface area contributed by atoms with E-state index in [0.717, 1.165) is 35.7 Å². The number of aromatic nitrogens is 2. The molecule has 2 rings (SSSR count). The average Bonchev–Trinajstić information content (AvgIpc) is 3.00. The van der Waals surface area contributed by atoms with Crippen LogP contribution in [0.5, 0.6) is 11.5 Å². The summed E-state index contributed by atoms with van der Waals surface area (Å²) < 4.78 is 12.9. The van der Waals surface area contributed by atoms with Crippen LogP contribution in [0.15, 0.2) is 30.6 Å². The van der Waals surface area contributed by atoms with Crippen molar-refractivity contribution in [3.63, 3.8) is 0 Å². The van der Waals surface area contributed by atoms with Gasteiger partial charge >= 0.3 is 0 Å². The molecule has 1 N–H and O–H groups in total. The van der Waals surface area contributed by atoms with Gasteiger partial charge in [-0.2, -0.15) is 5.10 Å². The van der Waals surface area contributed by atoms with Crippen molar-refractivity contribution in [2.45, 2.75) is 26.4 Å². The quantitative estimate of drug-likeness (QED) is 0.851. The number of methoxy groups -OCH3 is 2. The molecule has 0 saturated carbocycles. The zero-order valence-electron chi connectivity index (χ0n) is 13.1. The molecule has 21 heavy (non-hydrogen) atoms. The largest absolute Gasteiger partial charge is 0.493 e. The first kappa shape index (κ1) is 15.4. The van der Waals surface area contributed by atoms with Crippen molar-refractivity contribution in [1.82, 2.24) is 15.1 Å². The molecule has 1 heterocycles. The summed E-state index contributed by atoms with van der Waals surface area (Å²) in [4.78, 5) is 0. The van der Waals surface area contributed by atoms with E-state index in [0.29, 0.717) is 0 Å². The number of hydrogen-bond acceptors (Lipinski definition) is 4. The predicted octanol–water partition coefficient (Wildman–Crippen LogP) is 2.62. The first-order chi connectivity index (χ1) is 10.2. The van der Waals surface area contributed by atoms with Gasteiger partial charge in [-0.05, 0) is 19.5 Å². The highest BCUT2D eigenvalue weighted by Gasteiger charge is 2.21. The Labute approximate surface area is 125 Å². The first-order valence-corrected chi connectivity index (χ1v) is 7.21. The van der Waals surface area contributed by atoms with Gasteiger partial charge in [0.1, 0.15) is 0 Å². The zero-order valence-corrected chi connectivity index (χ0v) is 13.1. The van der Waals surface area contributed by atoms with Crippen molar-refractivity contribution in [3.8, 4) is 11.5 Å². The van der Waals surface area contributed by atoms with E-state index in [1.165, 1.54) is 0 Å². The minimum Gasteiger partial charge on any atom is -0.493 e. The third-order valence-corrected chi connectivity index (χ3v) is 3.46. The van der Waals surface area contributed by atoms with Gasteiger partial charge < -0.3 is 14.8 Å². The summed E-state index contributed by atoms with van der Waals surface area (Å²) in [5, 5.41) is 7.86. The predicted molar refractivity (Wildman–Crippen MR) is 83.0 cm³/mol. The Bertz CT molecular complexity index is 581. The van der Waals surface area contributed by atoms with Crippen molar-refractivity contribution in [2.24, 2.45) is 0 Å². The zero-order chi connectivity index (χ0) is 15.2. The van der Waals surface area contributed by atoms with Crippen LogP contribution in [0.2, 0.25) is 0 Å². The van der Waals surface area contributed by atoms with Gasteiger partial charge in [0.2, 0.25) is 0 Å². The van der Waals surface area contributed by atoms with Crippen LogP contribution < -0.4 is 14.8 Å². The lowest BCUT2D eigenvalue weighted by atomic mass is 10.00. The van der Waals surface area contributed by atoms with Gasteiger partial charge in [0.05, 0.1) is 26.5 Å². The van der Waals surface area contributed by atoms with Gasteiger partial charge in [0.15, 0.2) is 11.5 Å². The molecule has 1 unspecified atom stereocenters. The Morgan fingerprint density at radius 3 is 2.62 bits per heavy atom. The molecule has 1 aromatic heterocycles. The molecule has 0 aliphatic rings. The SMILES string of the molecule is CCNC(c1cnn(CC)c1)c1cccc(OC)c1OC. The van der Waals surface area contributed by atoms with Crippen molar-refractivity contribution >= 4 is 0 Å². The highest BCUT2D eigenvalue weighted by molar-refractivity contribution is 5.50. The number of benzene rings is 1. The van der Waals surface area contributed by atoms with E-state index >= 15 is 0 Å². The van der Waals surface area contributed by atoms with Gasteiger partial charge in [-0.3, -0.25) is 4.68 Å². The van der Waals surface area contributed by atoms with Crippen LogP contribution in [-0.2, 0) is 6.54 Å². The topological polar surface area (TPSA) is 48.3 Å². The van der Waals surface area contributed by atoms with Crippen molar-refractivity contribution < 1.29 is 9.47 Å². The normalized spacial score (nSPS) is 12.2. The number of rotatable bonds is 7. The highest BCUT2D eigenvalue weighted by atomic mass is 16.5. The number of para-hydroxylation sites is 1. The van der Waals surface area contributed by atoms with E-state index in [1.807, 2.05) is 23.0 Å². The van der Waals surface area contributed by atoms with E-state index in [4.69, 9.17) is 9.47 Å². The van der Waals surface area contributed by atoms with Crippen LogP contribution in [-0.4, -0.2) is 30.5 Å². The summed E-state index contributed by atoms with van der Waals surface area (Å²) in [6.45, 7) is 5.87. The fraction of sp³-hybridized carbons (Fsp3) is 0.438. The van der Waals surface area contributed by atoms with Gasteiger partial charge in [0, 0.05) is 23.9 Å². The van der Waals surface area contributed by atoms with Gasteiger partial charge in [-0.1, -0.05) is 19.1 Å². The molecule has 0 bridgehead atoms. The maximum Gasteiger partial charge on any atom is 0.165 e. The van der Waals surface area contributed by atoms with E-state index in [9.17, 15) is 0 Å². The summed E-state index contributed by atoms with van der Waals surface area (Å²) in [7, 11) is 3.32. The monoisotopic (exact) mass is 289 g/mol. The first-order valence-electron chi connectivity index (χ1n) is 7.21. The molecule has 1 aromatic carbocycles. The highest BCUT2D eigenvalue weighted by Crippen LogP contribution is 2.36. The lowest BCUT2D eigenvalue weighted by Crippen LogP contribution is -2.22. The van der Waals surface area contributed by atoms with Crippen LogP contribution >= 0.6 is 0 Å². The second kappa shape index (κ2) is 7.13. The third-order valence-electron chi connectivity index (χ3n) is 3.46. The average molecular weight is 289 g/mol. The Balaban J connectivity index is 2.47. The fourth-order valence-corrected chi connectivity index (χ4v) is 2.45. The van der Waals surface area contributed by atoms with Crippen LogP contribution in [0.4, 0.5) is 0 Å². The van der Waals surface area contributed by atoms with Crippen LogP contribution in [0.25, 0.3) is 0 Å². The summed E-state index contributed by atoms with van der Waals surface area (Å²) in [5.41, 5.74) is 2.17. The minimum atomic E-state index is 0.0281. The Kier molecular flexibility index (Phi) is 5.22. The summed E-state index contributed by atoms with van der Waals surface area (Å²) in [5.74, 6) is 1.50. The van der Waals surface area contributed by atoms with Gasteiger partial charge in [-0.25, -0.2) is 0 Å². The summed E-state index contributed by atoms with van der Waals surface area (Å²) >= 11 is 0. The number of hydrogen-bond donors (Lipinski definition) is 1. The molecular formula is C16H23N3O2. The van der Waals surface area contributed by atoms with Crippen molar-refractivity contribution in [2.75, 3.05) is 20.8 Å². The van der Waals surface area contributed by atoms with Crippen molar-refractivity contribution in [3.05, 3.63) is 41.7 Å². The Hall–Kier alpha value is -2.01. The molecule has 0 saturated heterocycles. The second-order valence-corrected chi connectivity index (χ2v) is 4.70. The number of aryl methyl sites for hydroxylation is 1. The van der Waals surface area contributed by atoms with E-state index in [-0.39, 0.29) is 6.04 Å². The van der Waals surface area contributed by atoms with Gasteiger partial charge in [0.25, 0.3) is 0 Å². The lowest BCUT2D eigenvalue weighted by Gasteiger charge is -2.21. The maximum atomic E-state index is 5.56. The maximum absolute atomic E-state index is 5.56. The standard InChI is InChI=1S/C16H23N3O2/c1-5-17-15(12-10-18-19(6-2)11-12)13-8-7-9-14(20-3)16(13)21-4/h7-11,15,17H,5-6H2,1-4H3. The van der Waals surface area contributed by atoms with E-state index in [1.54, 1.807) is 14.2 Å². The molecule has 0 aliphatic heterocycles. The number of ether oxygens (including phenoxy) is 2. The molecule has 2 aromatic rings.